The maximum atomic E-state index is 13.1. The van der Waals surface area contributed by atoms with Crippen molar-refractivity contribution in [3.05, 3.63) is 35.4 Å². The Labute approximate surface area is 120 Å². The minimum atomic E-state index is -0.373. The van der Waals surface area contributed by atoms with Crippen molar-refractivity contribution in [2.75, 3.05) is 11.1 Å². The summed E-state index contributed by atoms with van der Waals surface area (Å²) in [6, 6.07) is 4.30. The number of carbonyl (C=O) groups excluding carboxylic acids is 1. The van der Waals surface area contributed by atoms with Gasteiger partial charge in [0.25, 0.3) is 0 Å². The fraction of sp³-hybridized carbons (Fsp3) is 0.308. The number of rotatable bonds is 4. The Morgan fingerprint density at radius 2 is 2.15 bits per heavy atom. The Morgan fingerprint density at radius 1 is 1.40 bits per heavy atom. The Kier molecular flexibility index (Phi) is 4.39. The van der Waals surface area contributed by atoms with Gasteiger partial charge in [0.15, 0.2) is 5.16 Å². The molecule has 0 aliphatic rings. The second kappa shape index (κ2) is 6.04. The maximum absolute atomic E-state index is 13.1. The van der Waals surface area contributed by atoms with Crippen molar-refractivity contribution in [2.24, 2.45) is 7.05 Å². The molecule has 0 aliphatic carbocycles. The number of benzene rings is 1. The molecule has 1 amide bonds. The third-order valence-electron chi connectivity index (χ3n) is 2.86. The van der Waals surface area contributed by atoms with Crippen LogP contribution in [0.25, 0.3) is 0 Å². The highest BCUT2D eigenvalue weighted by Gasteiger charge is 2.10. The van der Waals surface area contributed by atoms with Crippen LogP contribution in [0.1, 0.15) is 11.4 Å². The van der Waals surface area contributed by atoms with Crippen LogP contribution in [0.4, 0.5) is 10.1 Å². The van der Waals surface area contributed by atoms with E-state index in [4.69, 9.17) is 0 Å². The zero-order valence-corrected chi connectivity index (χ0v) is 12.3. The van der Waals surface area contributed by atoms with Gasteiger partial charge in [-0.15, -0.1) is 10.2 Å². The Hall–Kier alpha value is -1.89. The van der Waals surface area contributed by atoms with Gasteiger partial charge in [-0.3, -0.25) is 4.79 Å². The van der Waals surface area contributed by atoms with E-state index in [9.17, 15) is 9.18 Å². The first-order valence-electron chi connectivity index (χ1n) is 6.02. The van der Waals surface area contributed by atoms with E-state index in [1.165, 1.54) is 23.9 Å². The smallest absolute Gasteiger partial charge is 0.234 e. The maximum Gasteiger partial charge on any atom is 0.234 e. The lowest BCUT2D eigenvalue weighted by Crippen LogP contribution is -2.15. The number of halogens is 1. The van der Waals surface area contributed by atoms with E-state index in [0.717, 1.165) is 11.4 Å². The van der Waals surface area contributed by atoms with Gasteiger partial charge >= 0.3 is 0 Å². The molecule has 1 N–H and O–H groups in total. The molecule has 0 radical (unpaired) electrons. The molecule has 0 fully saturated rings. The van der Waals surface area contributed by atoms with E-state index >= 15 is 0 Å². The molecule has 0 spiro atoms. The average molecular weight is 294 g/mol. The van der Waals surface area contributed by atoms with Crippen molar-refractivity contribution in [3.63, 3.8) is 0 Å². The average Bonchev–Trinajstić information content (AvgIpc) is 2.72. The Bertz CT molecular complexity index is 641. The van der Waals surface area contributed by atoms with Crippen LogP contribution in [-0.4, -0.2) is 26.4 Å². The lowest BCUT2D eigenvalue weighted by atomic mass is 10.2. The number of carbonyl (C=O) groups is 1. The molecule has 0 atom stereocenters. The molecule has 0 saturated carbocycles. The molecule has 0 bridgehead atoms. The molecule has 0 aliphatic heterocycles. The zero-order valence-electron chi connectivity index (χ0n) is 11.5. The van der Waals surface area contributed by atoms with Crippen LogP contribution in [0.5, 0.6) is 0 Å². The first-order chi connectivity index (χ1) is 9.47. The third-order valence-corrected chi connectivity index (χ3v) is 3.88. The van der Waals surface area contributed by atoms with E-state index in [1.54, 1.807) is 6.07 Å². The highest BCUT2D eigenvalue weighted by atomic mass is 32.2. The van der Waals surface area contributed by atoms with Crippen molar-refractivity contribution in [1.29, 1.82) is 0 Å². The number of hydrogen-bond donors (Lipinski definition) is 1. The van der Waals surface area contributed by atoms with Gasteiger partial charge in [-0.25, -0.2) is 4.39 Å². The van der Waals surface area contributed by atoms with E-state index < -0.39 is 0 Å². The minimum absolute atomic E-state index is 0.196. The second-order valence-corrected chi connectivity index (χ2v) is 5.33. The first-order valence-corrected chi connectivity index (χ1v) is 7.00. The number of nitrogens with zero attached hydrogens (tertiary/aromatic N) is 3. The van der Waals surface area contributed by atoms with Gasteiger partial charge in [-0.1, -0.05) is 17.8 Å². The summed E-state index contributed by atoms with van der Waals surface area (Å²) in [6.07, 6.45) is 0. The molecular weight excluding hydrogens is 279 g/mol. The summed E-state index contributed by atoms with van der Waals surface area (Å²) in [5.41, 5.74) is 1.31. The summed E-state index contributed by atoms with van der Waals surface area (Å²) < 4.78 is 14.9. The lowest BCUT2D eigenvalue weighted by Gasteiger charge is -2.08. The second-order valence-electron chi connectivity index (χ2n) is 4.38. The third kappa shape index (κ3) is 3.36. The van der Waals surface area contributed by atoms with Gasteiger partial charge < -0.3 is 9.88 Å². The predicted octanol–water partition coefficient (Wildman–Crippen LogP) is 2.30. The van der Waals surface area contributed by atoms with E-state index in [-0.39, 0.29) is 17.5 Å². The van der Waals surface area contributed by atoms with E-state index in [0.29, 0.717) is 10.8 Å². The fourth-order valence-electron chi connectivity index (χ4n) is 1.56. The first kappa shape index (κ1) is 14.5. The number of anilines is 1. The van der Waals surface area contributed by atoms with Crippen LogP contribution in [0.2, 0.25) is 0 Å². The molecule has 0 unspecified atom stereocenters. The number of amides is 1. The number of aryl methyl sites for hydroxylation is 2. The van der Waals surface area contributed by atoms with E-state index in [1.807, 2.05) is 25.5 Å². The summed E-state index contributed by atoms with van der Waals surface area (Å²) in [4.78, 5) is 11.9. The quantitative estimate of drug-likeness (QED) is 0.879. The van der Waals surface area contributed by atoms with Gasteiger partial charge in [0.05, 0.1) is 5.75 Å². The molecule has 106 valence electrons. The molecule has 2 rings (SSSR count). The minimum Gasteiger partial charge on any atom is -0.325 e. The van der Waals surface area contributed by atoms with Crippen LogP contribution < -0.4 is 5.32 Å². The fourth-order valence-corrected chi connectivity index (χ4v) is 2.32. The number of aromatic nitrogens is 3. The van der Waals surface area contributed by atoms with Crippen molar-refractivity contribution in [3.8, 4) is 0 Å². The van der Waals surface area contributed by atoms with Crippen LogP contribution in [0.15, 0.2) is 23.4 Å². The molecule has 5 nitrogen and oxygen atoms in total. The molecule has 1 aromatic carbocycles. The van der Waals surface area contributed by atoms with Crippen LogP contribution in [0, 0.1) is 19.7 Å². The van der Waals surface area contributed by atoms with Gasteiger partial charge in [-0.05, 0) is 31.5 Å². The SMILES string of the molecule is Cc1ccc(F)cc1NC(=O)CSc1nnc(C)n1C. The van der Waals surface area contributed by atoms with Gasteiger partial charge in [-0.2, -0.15) is 0 Å². The van der Waals surface area contributed by atoms with Crippen molar-refractivity contribution >= 4 is 23.4 Å². The van der Waals surface area contributed by atoms with Gasteiger partial charge in [0.1, 0.15) is 11.6 Å². The van der Waals surface area contributed by atoms with Crippen LogP contribution in [-0.2, 0) is 11.8 Å². The number of nitrogens with one attached hydrogen (secondary N) is 1. The topological polar surface area (TPSA) is 59.8 Å². The highest BCUT2D eigenvalue weighted by Crippen LogP contribution is 2.18. The lowest BCUT2D eigenvalue weighted by molar-refractivity contribution is -0.113. The predicted molar refractivity (Wildman–Crippen MR) is 76.2 cm³/mol. The van der Waals surface area contributed by atoms with Gasteiger partial charge in [0, 0.05) is 12.7 Å². The van der Waals surface area contributed by atoms with Crippen molar-refractivity contribution in [2.45, 2.75) is 19.0 Å². The summed E-state index contributed by atoms with van der Waals surface area (Å²) in [6.45, 7) is 3.65. The molecule has 20 heavy (non-hydrogen) atoms. The summed E-state index contributed by atoms with van der Waals surface area (Å²) >= 11 is 1.29. The molecule has 7 heteroatoms. The molecule has 1 heterocycles. The van der Waals surface area contributed by atoms with Crippen LogP contribution >= 0.6 is 11.8 Å². The summed E-state index contributed by atoms with van der Waals surface area (Å²) in [5.74, 6) is 0.405. The Balaban J connectivity index is 1.96. The molecular formula is C13H15FN4OS. The van der Waals surface area contributed by atoms with Crippen molar-refractivity contribution in [1.82, 2.24) is 14.8 Å². The number of hydrogen-bond acceptors (Lipinski definition) is 4. The van der Waals surface area contributed by atoms with Crippen molar-refractivity contribution < 1.29 is 9.18 Å². The van der Waals surface area contributed by atoms with Crippen LogP contribution in [0.3, 0.4) is 0 Å². The summed E-state index contributed by atoms with van der Waals surface area (Å²) in [7, 11) is 1.84. The normalized spacial score (nSPS) is 10.6. The molecule has 0 saturated heterocycles. The molecule has 1 aromatic heterocycles. The Morgan fingerprint density at radius 3 is 2.80 bits per heavy atom. The summed E-state index contributed by atoms with van der Waals surface area (Å²) in [5, 5.41) is 11.2. The van der Waals surface area contributed by atoms with E-state index in [2.05, 4.69) is 15.5 Å². The zero-order chi connectivity index (χ0) is 14.7. The monoisotopic (exact) mass is 294 g/mol. The molecule has 2 aromatic rings. The number of thioether (sulfide) groups is 1. The van der Waals surface area contributed by atoms with Gasteiger partial charge in [0.2, 0.25) is 5.91 Å². The largest absolute Gasteiger partial charge is 0.325 e. The highest BCUT2D eigenvalue weighted by molar-refractivity contribution is 7.99. The standard InChI is InChI=1S/C13H15FN4OS/c1-8-4-5-10(14)6-11(8)15-12(19)7-20-13-17-16-9(2)18(13)3/h4-6H,7H2,1-3H3,(H,15,19).